The number of hydrogen-bond acceptors (Lipinski definition) is 4. The van der Waals surface area contributed by atoms with Crippen LogP contribution in [0.5, 0.6) is 0 Å². The van der Waals surface area contributed by atoms with Crippen LogP contribution in [0.4, 0.5) is 0 Å². The topological polar surface area (TPSA) is 67.2 Å². The van der Waals surface area contributed by atoms with Gasteiger partial charge in [-0.05, 0) is 50.5 Å². The van der Waals surface area contributed by atoms with Crippen molar-refractivity contribution >= 4 is 5.91 Å². The highest BCUT2D eigenvalue weighted by molar-refractivity contribution is 5.82. The minimum Gasteiger partial charge on any atom is -0.355 e. The van der Waals surface area contributed by atoms with Gasteiger partial charge < -0.3 is 5.32 Å². The Hall–Kier alpha value is -1.69. The van der Waals surface area contributed by atoms with Crippen molar-refractivity contribution < 1.29 is 4.79 Å². The monoisotopic (exact) mass is 330 g/mol. The van der Waals surface area contributed by atoms with Crippen molar-refractivity contribution in [3.8, 4) is 0 Å². The van der Waals surface area contributed by atoms with Crippen molar-refractivity contribution in [1.82, 2.24) is 20.0 Å². The fourth-order valence-corrected chi connectivity index (χ4v) is 4.23. The van der Waals surface area contributed by atoms with Crippen LogP contribution in [0.25, 0.3) is 0 Å². The molecule has 4 rings (SSSR count). The van der Waals surface area contributed by atoms with E-state index in [9.17, 15) is 9.59 Å². The molecule has 0 radical (unpaired) electrons. The number of nitrogens with zero attached hydrogens (tertiary/aromatic N) is 3. The summed E-state index contributed by atoms with van der Waals surface area (Å²) in [5.41, 5.74) is 2.29. The normalized spacial score (nSPS) is 25.5. The van der Waals surface area contributed by atoms with Gasteiger partial charge in [0, 0.05) is 31.6 Å². The Bertz CT molecular complexity index is 678. The average molecular weight is 330 g/mol. The molecule has 0 spiro atoms. The van der Waals surface area contributed by atoms with E-state index in [1.54, 1.807) is 10.7 Å². The maximum atomic E-state index is 12.3. The Balaban J connectivity index is 1.38. The summed E-state index contributed by atoms with van der Waals surface area (Å²) in [5.74, 6) is 0.600. The lowest BCUT2D eigenvalue weighted by atomic mass is 9.95. The summed E-state index contributed by atoms with van der Waals surface area (Å²) in [4.78, 5) is 26.6. The molecule has 6 nitrogen and oxygen atoms in total. The zero-order chi connectivity index (χ0) is 16.5. The molecule has 3 aliphatic rings. The van der Waals surface area contributed by atoms with Crippen molar-refractivity contribution in [3.63, 3.8) is 0 Å². The van der Waals surface area contributed by atoms with Crippen LogP contribution in [0.3, 0.4) is 0 Å². The smallest absolute Gasteiger partial charge is 0.267 e. The summed E-state index contributed by atoms with van der Waals surface area (Å²) in [6, 6.07) is 1.81. The van der Waals surface area contributed by atoms with Crippen molar-refractivity contribution in [3.05, 3.63) is 27.7 Å². The first kappa shape index (κ1) is 15.8. The molecule has 130 valence electrons. The first-order valence-corrected chi connectivity index (χ1v) is 9.32. The summed E-state index contributed by atoms with van der Waals surface area (Å²) in [6.45, 7) is 3.27. The first-order valence-electron chi connectivity index (χ1n) is 9.32. The van der Waals surface area contributed by atoms with Gasteiger partial charge in [-0.25, -0.2) is 4.68 Å². The number of aromatic nitrogens is 2. The van der Waals surface area contributed by atoms with Gasteiger partial charge in [0.25, 0.3) is 5.56 Å². The van der Waals surface area contributed by atoms with Crippen LogP contribution in [-0.4, -0.2) is 46.3 Å². The third-order valence-corrected chi connectivity index (χ3v) is 5.64. The number of fused-ring (bicyclic) bond motifs is 1. The highest BCUT2D eigenvalue weighted by Crippen LogP contribution is 2.24. The van der Waals surface area contributed by atoms with Gasteiger partial charge in [0.05, 0.1) is 18.3 Å². The molecule has 1 aromatic heterocycles. The maximum Gasteiger partial charge on any atom is 0.267 e. The van der Waals surface area contributed by atoms with Crippen LogP contribution >= 0.6 is 0 Å². The maximum absolute atomic E-state index is 12.3. The highest BCUT2D eigenvalue weighted by atomic mass is 16.2. The molecule has 2 fully saturated rings. The second-order valence-corrected chi connectivity index (χ2v) is 7.47. The minimum absolute atomic E-state index is 0.0250. The van der Waals surface area contributed by atoms with E-state index >= 15 is 0 Å². The van der Waals surface area contributed by atoms with Crippen LogP contribution in [-0.2, 0) is 24.2 Å². The van der Waals surface area contributed by atoms with E-state index in [2.05, 4.69) is 15.3 Å². The van der Waals surface area contributed by atoms with Crippen LogP contribution in [0.2, 0.25) is 0 Å². The van der Waals surface area contributed by atoms with Crippen molar-refractivity contribution in [2.24, 2.45) is 5.92 Å². The fraction of sp³-hybridized carbons (Fsp3) is 0.722. The molecular weight excluding hydrogens is 304 g/mol. The highest BCUT2D eigenvalue weighted by Gasteiger charge is 2.36. The van der Waals surface area contributed by atoms with Gasteiger partial charge in [0.2, 0.25) is 5.91 Å². The molecule has 0 bridgehead atoms. The molecule has 0 saturated carbocycles. The van der Waals surface area contributed by atoms with Crippen molar-refractivity contribution in [1.29, 1.82) is 0 Å². The number of hydrogen-bond donors (Lipinski definition) is 1. The Morgan fingerprint density at radius 1 is 1.12 bits per heavy atom. The van der Waals surface area contributed by atoms with Gasteiger partial charge in [-0.3, -0.25) is 14.5 Å². The Kier molecular flexibility index (Phi) is 4.39. The van der Waals surface area contributed by atoms with Gasteiger partial charge in [0.15, 0.2) is 0 Å². The molecule has 1 unspecified atom stereocenters. The fourth-order valence-electron chi connectivity index (χ4n) is 4.23. The molecule has 1 atom stereocenters. The number of nitrogens with one attached hydrogen (secondary N) is 1. The lowest BCUT2D eigenvalue weighted by molar-refractivity contribution is -0.129. The Labute approximate surface area is 142 Å². The van der Waals surface area contributed by atoms with Crippen LogP contribution in [0.15, 0.2) is 10.9 Å². The van der Waals surface area contributed by atoms with E-state index in [1.165, 1.54) is 12.8 Å². The third-order valence-electron chi connectivity index (χ3n) is 5.64. The second-order valence-electron chi connectivity index (χ2n) is 7.47. The van der Waals surface area contributed by atoms with Gasteiger partial charge in [-0.2, -0.15) is 5.10 Å². The van der Waals surface area contributed by atoms with E-state index in [4.69, 9.17) is 0 Å². The summed E-state index contributed by atoms with van der Waals surface area (Å²) in [5, 5.41) is 7.61. The lowest BCUT2D eigenvalue weighted by Gasteiger charge is -2.43. The summed E-state index contributed by atoms with van der Waals surface area (Å²) < 4.78 is 1.65. The lowest BCUT2D eigenvalue weighted by Crippen LogP contribution is -2.58. The SMILES string of the molecule is O=C1NCCCCC1N1CC(Cn2nc3c(cc2=O)CCCC3)C1. The molecule has 1 aliphatic carbocycles. The number of rotatable bonds is 3. The van der Waals surface area contributed by atoms with Crippen molar-refractivity contribution in [2.75, 3.05) is 19.6 Å². The van der Waals surface area contributed by atoms with E-state index in [1.807, 2.05) is 0 Å². The molecule has 2 aliphatic heterocycles. The van der Waals surface area contributed by atoms with Crippen LogP contribution < -0.4 is 10.9 Å². The molecule has 6 heteroatoms. The zero-order valence-corrected chi connectivity index (χ0v) is 14.2. The Morgan fingerprint density at radius 2 is 1.96 bits per heavy atom. The van der Waals surface area contributed by atoms with E-state index in [0.29, 0.717) is 12.5 Å². The average Bonchev–Trinajstić information content (AvgIpc) is 2.75. The molecule has 1 N–H and O–H groups in total. The van der Waals surface area contributed by atoms with Crippen LogP contribution in [0.1, 0.15) is 43.4 Å². The number of aryl methyl sites for hydroxylation is 2. The molecule has 0 aromatic carbocycles. The third kappa shape index (κ3) is 3.11. The van der Waals surface area contributed by atoms with E-state index < -0.39 is 0 Å². The van der Waals surface area contributed by atoms with Crippen LogP contribution in [0, 0.1) is 5.92 Å². The molecule has 24 heavy (non-hydrogen) atoms. The number of likely N-dealkylation sites (tertiary alicyclic amines) is 1. The largest absolute Gasteiger partial charge is 0.355 e. The predicted molar refractivity (Wildman–Crippen MR) is 90.9 cm³/mol. The molecule has 2 saturated heterocycles. The van der Waals surface area contributed by atoms with E-state index in [-0.39, 0.29) is 17.5 Å². The number of carbonyl (C=O) groups is 1. The van der Waals surface area contributed by atoms with Crippen molar-refractivity contribution in [2.45, 2.75) is 57.5 Å². The first-order chi connectivity index (χ1) is 11.7. The minimum atomic E-state index is 0.0250. The molecule has 1 amide bonds. The standard InChI is InChI=1S/C18H26N4O2/c23-17-9-14-5-1-2-6-15(14)20-22(17)12-13-10-21(11-13)16-7-3-4-8-19-18(16)24/h9,13,16H,1-8,10-12H2,(H,19,24). The quantitative estimate of drug-likeness (QED) is 0.887. The molecule has 1 aromatic rings. The summed E-state index contributed by atoms with van der Waals surface area (Å²) in [7, 11) is 0. The predicted octanol–water partition coefficient (Wildman–Crippen LogP) is 0.723. The van der Waals surface area contributed by atoms with Gasteiger partial charge in [-0.1, -0.05) is 0 Å². The Morgan fingerprint density at radius 3 is 2.83 bits per heavy atom. The zero-order valence-electron chi connectivity index (χ0n) is 14.2. The van der Waals surface area contributed by atoms with Gasteiger partial charge >= 0.3 is 0 Å². The molecule has 3 heterocycles. The molecular formula is C18H26N4O2. The summed E-state index contributed by atoms with van der Waals surface area (Å²) in [6.07, 6.45) is 7.46. The summed E-state index contributed by atoms with van der Waals surface area (Å²) >= 11 is 0. The van der Waals surface area contributed by atoms with Gasteiger partial charge in [-0.15, -0.1) is 0 Å². The second kappa shape index (κ2) is 6.67. The number of carbonyl (C=O) groups excluding carboxylic acids is 1. The van der Waals surface area contributed by atoms with E-state index in [0.717, 1.165) is 63.0 Å². The number of amides is 1. The van der Waals surface area contributed by atoms with Gasteiger partial charge in [0.1, 0.15) is 0 Å².